The molecule has 1 fully saturated rings. The molecule has 5 rings (SSSR count). The molecule has 162 valence electrons. The molecule has 1 aliphatic heterocycles. The number of pyridine rings is 1. The number of fused-ring (bicyclic) bond motifs is 1. The van der Waals surface area contributed by atoms with Gasteiger partial charge in [-0.1, -0.05) is 24.3 Å². The molecule has 0 atom stereocenters. The lowest BCUT2D eigenvalue weighted by Gasteiger charge is -2.27. The number of anilines is 2. The number of aromatic nitrogens is 3. The Kier molecular flexibility index (Phi) is 5.42. The molecule has 0 amide bonds. The molecule has 9 heteroatoms. The maximum Gasteiger partial charge on any atom is 0.261 e. The molecule has 1 N–H and O–H groups in total. The molecule has 8 nitrogen and oxygen atoms in total. The van der Waals surface area contributed by atoms with Gasteiger partial charge in [-0.3, -0.25) is 14.7 Å². The first kappa shape index (κ1) is 20.3. The van der Waals surface area contributed by atoms with Crippen LogP contribution in [0.3, 0.4) is 0 Å². The van der Waals surface area contributed by atoms with Crippen molar-refractivity contribution in [3.05, 3.63) is 73.2 Å². The van der Waals surface area contributed by atoms with Crippen molar-refractivity contribution in [3.63, 3.8) is 0 Å². The van der Waals surface area contributed by atoms with E-state index in [-0.39, 0.29) is 4.90 Å². The molecule has 0 bridgehead atoms. The van der Waals surface area contributed by atoms with E-state index in [1.807, 2.05) is 18.2 Å². The van der Waals surface area contributed by atoms with Gasteiger partial charge in [0, 0.05) is 24.8 Å². The predicted molar refractivity (Wildman–Crippen MR) is 123 cm³/mol. The quantitative estimate of drug-likeness (QED) is 0.501. The fraction of sp³-hybridized carbons (Fsp3) is 0.174. The fourth-order valence-electron chi connectivity index (χ4n) is 3.59. The van der Waals surface area contributed by atoms with Crippen molar-refractivity contribution in [1.29, 1.82) is 0 Å². The lowest BCUT2D eigenvalue weighted by Crippen LogP contribution is -2.36. The van der Waals surface area contributed by atoms with Crippen molar-refractivity contribution in [1.82, 2.24) is 15.0 Å². The molecular weight excluding hydrogens is 426 g/mol. The third kappa shape index (κ3) is 4.25. The Morgan fingerprint density at radius 2 is 1.69 bits per heavy atom. The fourth-order valence-corrected chi connectivity index (χ4v) is 4.65. The highest BCUT2D eigenvalue weighted by atomic mass is 32.2. The summed E-state index contributed by atoms with van der Waals surface area (Å²) in [5.74, 6) is 0.820. The first-order chi connectivity index (χ1) is 15.6. The standard InChI is InChI=1S/C23H21N5O3S/c29-32(30,20-4-2-1-3-5-20)27-19-12-18(14-24-15-19)17-6-7-21-22(13-17)26-23(16-25-21)28-8-10-31-11-9-28/h1-7,12-16,27H,8-11H2. The van der Waals surface area contributed by atoms with Crippen molar-refractivity contribution < 1.29 is 13.2 Å². The van der Waals surface area contributed by atoms with Crippen molar-refractivity contribution >= 4 is 32.6 Å². The number of nitrogens with zero attached hydrogens (tertiary/aromatic N) is 4. The van der Waals surface area contributed by atoms with Gasteiger partial charge in [0.2, 0.25) is 0 Å². The number of hydrogen-bond donors (Lipinski definition) is 1. The molecule has 0 radical (unpaired) electrons. The Bertz CT molecular complexity index is 1360. The molecular formula is C23H21N5O3S. The molecule has 0 saturated carbocycles. The van der Waals surface area contributed by atoms with Crippen LogP contribution in [0.2, 0.25) is 0 Å². The van der Waals surface area contributed by atoms with E-state index in [9.17, 15) is 8.42 Å². The molecule has 3 heterocycles. The second kappa shape index (κ2) is 8.52. The van der Waals surface area contributed by atoms with Crippen LogP contribution in [0.25, 0.3) is 22.2 Å². The van der Waals surface area contributed by atoms with Gasteiger partial charge in [0.25, 0.3) is 10.0 Å². The van der Waals surface area contributed by atoms with Crippen LogP contribution < -0.4 is 9.62 Å². The summed E-state index contributed by atoms with van der Waals surface area (Å²) >= 11 is 0. The van der Waals surface area contributed by atoms with E-state index in [1.54, 1.807) is 48.8 Å². The number of nitrogens with one attached hydrogen (secondary N) is 1. The Morgan fingerprint density at radius 3 is 2.50 bits per heavy atom. The molecule has 0 aliphatic carbocycles. The normalized spacial score (nSPS) is 14.4. The minimum atomic E-state index is -3.69. The van der Waals surface area contributed by atoms with Gasteiger partial charge in [-0.2, -0.15) is 0 Å². The number of hydrogen-bond acceptors (Lipinski definition) is 7. The average Bonchev–Trinajstić information content (AvgIpc) is 2.84. The zero-order valence-corrected chi connectivity index (χ0v) is 18.0. The van der Waals surface area contributed by atoms with Crippen LogP contribution in [0.1, 0.15) is 0 Å². The van der Waals surface area contributed by atoms with E-state index in [1.165, 1.54) is 6.20 Å². The lowest BCUT2D eigenvalue weighted by molar-refractivity contribution is 0.122. The van der Waals surface area contributed by atoms with Gasteiger partial charge in [-0.05, 0) is 35.9 Å². The smallest absolute Gasteiger partial charge is 0.261 e. The Morgan fingerprint density at radius 1 is 0.875 bits per heavy atom. The average molecular weight is 448 g/mol. The van der Waals surface area contributed by atoms with E-state index in [2.05, 4.69) is 19.6 Å². The van der Waals surface area contributed by atoms with Gasteiger partial charge < -0.3 is 9.64 Å². The Labute approximate surface area is 186 Å². The molecule has 2 aromatic heterocycles. The first-order valence-corrected chi connectivity index (χ1v) is 11.7. The predicted octanol–water partition coefficient (Wildman–Crippen LogP) is 3.33. The zero-order chi connectivity index (χ0) is 22.0. The Balaban J connectivity index is 1.44. The first-order valence-electron chi connectivity index (χ1n) is 10.2. The molecule has 32 heavy (non-hydrogen) atoms. The van der Waals surface area contributed by atoms with Crippen LogP contribution in [0, 0.1) is 0 Å². The van der Waals surface area contributed by atoms with E-state index in [4.69, 9.17) is 9.72 Å². The van der Waals surface area contributed by atoms with Crippen molar-refractivity contribution in [2.75, 3.05) is 35.9 Å². The highest BCUT2D eigenvalue weighted by Crippen LogP contribution is 2.26. The summed E-state index contributed by atoms with van der Waals surface area (Å²) in [5.41, 5.74) is 3.60. The van der Waals surface area contributed by atoms with Crippen molar-refractivity contribution in [2.45, 2.75) is 4.90 Å². The van der Waals surface area contributed by atoms with Crippen molar-refractivity contribution in [3.8, 4) is 11.1 Å². The van der Waals surface area contributed by atoms with Gasteiger partial charge in [-0.15, -0.1) is 0 Å². The highest BCUT2D eigenvalue weighted by molar-refractivity contribution is 7.92. The van der Waals surface area contributed by atoms with Crippen LogP contribution in [0.15, 0.2) is 78.1 Å². The minimum Gasteiger partial charge on any atom is -0.378 e. The van der Waals surface area contributed by atoms with Crippen LogP contribution in [-0.4, -0.2) is 49.7 Å². The van der Waals surface area contributed by atoms with E-state index < -0.39 is 10.0 Å². The second-order valence-electron chi connectivity index (χ2n) is 7.41. The van der Waals surface area contributed by atoms with Crippen LogP contribution in [0.4, 0.5) is 11.5 Å². The summed E-state index contributed by atoms with van der Waals surface area (Å²) in [6.45, 7) is 2.93. The third-order valence-corrected chi connectivity index (χ3v) is 6.64. The van der Waals surface area contributed by atoms with Crippen molar-refractivity contribution in [2.24, 2.45) is 0 Å². The summed E-state index contributed by atoms with van der Waals surface area (Å²) in [6.07, 6.45) is 4.97. The number of sulfonamides is 1. The number of ether oxygens (including phenoxy) is 1. The lowest BCUT2D eigenvalue weighted by atomic mass is 10.1. The zero-order valence-electron chi connectivity index (χ0n) is 17.2. The molecule has 1 saturated heterocycles. The molecule has 1 aliphatic rings. The topological polar surface area (TPSA) is 97.3 Å². The summed E-state index contributed by atoms with van der Waals surface area (Å²) in [6, 6.07) is 15.8. The molecule has 2 aromatic carbocycles. The van der Waals surface area contributed by atoms with Crippen LogP contribution >= 0.6 is 0 Å². The number of rotatable bonds is 5. The largest absolute Gasteiger partial charge is 0.378 e. The van der Waals surface area contributed by atoms with Gasteiger partial charge in [0.05, 0.1) is 47.2 Å². The van der Waals surface area contributed by atoms with Gasteiger partial charge >= 0.3 is 0 Å². The highest BCUT2D eigenvalue weighted by Gasteiger charge is 2.15. The third-order valence-electron chi connectivity index (χ3n) is 5.24. The summed E-state index contributed by atoms with van der Waals surface area (Å²) in [5, 5.41) is 0. The maximum absolute atomic E-state index is 12.6. The SMILES string of the molecule is O=S(=O)(Nc1cncc(-c2ccc3ncc(N4CCOCC4)nc3c2)c1)c1ccccc1. The minimum absolute atomic E-state index is 0.196. The molecule has 0 unspecified atom stereocenters. The van der Waals surface area contributed by atoms with Gasteiger partial charge in [0.1, 0.15) is 5.82 Å². The summed E-state index contributed by atoms with van der Waals surface area (Å²) in [4.78, 5) is 15.9. The maximum atomic E-state index is 12.6. The Hall–Kier alpha value is -3.56. The summed E-state index contributed by atoms with van der Waals surface area (Å²) in [7, 11) is -3.69. The number of morpholine rings is 1. The molecule has 0 spiro atoms. The number of benzene rings is 2. The van der Waals surface area contributed by atoms with E-state index >= 15 is 0 Å². The van der Waals surface area contributed by atoms with Gasteiger partial charge in [-0.25, -0.2) is 13.4 Å². The van der Waals surface area contributed by atoms with Crippen LogP contribution in [-0.2, 0) is 14.8 Å². The second-order valence-corrected chi connectivity index (χ2v) is 9.09. The monoisotopic (exact) mass is 447 g/mol. The van der Waals surface area contributed by atoms with E-state index in [0.29, 0.717) is 18.9 Å². The molecule has 4 aromatic rings. The van der Waals surface area contributed by atoms with Crippen LogP contribution in [0.5, 0.6) is 0 Å². The van der Waals surface area contributed by atoms with E-state index in [0.717, 1.165) is 41.1 Å². The summed E-state index contributed by atoms with van der Waals surface area (Å²) < 4.78 is 33.3. The van der Waals surface area contributed by atoms with Gasteiger partial charge in [0.15, 0.2) is 0 Å².